The number of para-hydroxylation sites is 2. The molecular weight excluding hydrogens is 386 g/mol. The molecule has 4 rings (SSSR count). The summed E-state index contributed by atoms with van der Waals surface area (Å²) in [5.41, 5.74) is 2.43. The van der Waals surface area contributed by atoms with Crippen LogP contribution in [0, 0.1) is 0 Å². The summed E-state index contributed by atoms with van der Waals surface area (Å²) in [4.78, 5) is 4.51. The second-order valence-electron chi connectivity index (χ2n) is 5.48. The Morgan fingerprint density at radius 1 is 1.15 bits per heavy atom. The molecule has 0 atom stereocenters. The van der Waals surface area contributed by atoms with Gasteiger partial charge in [-0.25, -0.2) is 4.98 Å². The maximum atomic E-state index is 5.91. The van der Waals surface area contributed by atoms with Gasteiger partial charge in [-0.2, -0.15) is 4.68 Å². The number of hydrogen-bond donors (Lipinski definition) is 0. The fourth-order valence-electron chi connectivity index (χ4n) is 2.46. The van der Waals surface area contributed by atoms with Crippen molar-refractivity contribution in [3.8, 4) is 22.9 Å². The summed E-state index contributed by atoms with van der Waals surface area (Å²) in [6.45, 7) is 0. The first-order valence-electron chi connectivity index (χ1n) is 7.99. The zero-order valence-corrected chi connectivity index (χ0v) is 15.8. The average Bonchev–Trinajstić information content (AvgIpc) is 3.36. The molecule has 0 N–H and O–H groups in total. The van der Waals surface area contributed by atoms with Crippen molar-refractivity contribution in [3.63, 3.8) is 0 Å². The fraction of sp³-hybridized carbons (Fsp3) is 0.111. The molecule has 0 radical (unpaired) electrons. The molecule has 7 nitrogen and oxygen atoms in total. The first-order chi connectivity index (χ1) is 13.2. The minimum Gasteiger partial charge on any atom is -0.494 e. The van der Waals surface area contributed by atoms with E-state index in [9.17, 15) is 0 Å². The largest absolute Gasteiger partial charge is 0.494 e. The van der Waals surface area contributed by atoms with Crippen LogP contribution in [0.15, 0.2) is 64.4 Å². The van der Waals surface area contributed by atoms with Crippen LogP contribution in [0.2, 0.25) is 5.02 Å². The Morgan fingerprint density at radius 2 is 1.96 bits per heavy atom. The fourth-order valence-corrected chi connectivity index (χ4v) is 3.35. The van der Waals surface area contributed by atoms with E-state index in [0.717, 1.165) is 16.9 Å². The summed E-state index contributed by atoms with van der Waals surface area (Å²) in [6.07, 6.45) is 1.63. The van der Waals surface area contributed by atoms with E-state index in [0.29, 0.717) is 27.6 Å². The van der Waals surface area contributed by atoms with Crippen molar-refractivity contribution in [3.05, 3.63) is 65.5 Å². The maximum Gasteiger partial charge on any atom is 0.226 e. The van der Waals surface area contributed by atoms with E-state index in [4.69, 9.17) is 20.8 Å². The van der Waals surface area contributed by atoms with E-state index < -0.39 is 0 Å². The van der Waals surface area contributed by atoms with Crippen molar-refractivity contribution in [1.82, 2.24) is 25.2 Å². The molecule has 9 heteroatoms. The van der Waals surface area contributed by atoms with E-state index in [-0.39, 0.29) is 0 Å². The second kappa shape index (κ2) is 7.81. The van der Waals surface area contributed by atoms with E-state index >= 15 is 0 Å². The van der Waals surface area contributed by atoms with Crippen LogP contribution >= 0.6 is 23.4 Å². The first kappa shape index (κ1) is 17.6. The van der Waals surface area contributed by atoms with Crippen molar-refractivity contribution >= 4 is 23.4 Å². The molecule has 136 valence electrons. The van der Waals surface area contributed by atoms with Gasteiger partial charge in [-0.3, -0.25) is 0 Å². The second-order valence-corrected chi connectivity index (χ2v) is 6.86. The van der Waals surface area contributed by atoms with E-state index in [2.05, 4.69) is 20.5 Å². The average molecular weight is 400 g/mol. The van der Waals surface area contributed by atoms with Crippen LogP contribution < -0.4 is 4.74 Å². The molecule has 0 aliphatic carbocycles. The minimum atomic E-state index is 0.548. The number of rotatable bonds is 6. The molecule has 0 unspecified atom stereocenters. The first-order valence-corrected chi connectivity index (χ1v) is 9.36. The van der Waals surface area contributed by atoms with Crippen LogP contribution in [-0.4, -0.2) is 32.3 Å². The van der Waals surface area contributed by atoms with Gasteiger partial charge in [-0.05, 0) is 46.8 Å². The lowest BCUT2D eigenvalue weighted by Gasteiger charge is -2.08. The highest BCUT2D eigenvalue weighted by atomic mass is 35.5. The Hall–Kier alpha value is -2.84. The topological polar surface area (TPSA) is 78.9 Å². The van der Waals surface area contributed by atoms with Gasteiger partial charge in [-0.15, -0.1) is 5.10 Å². The number of benzene rings is 2. The third-order valence-corrected chi connectivity index (χ3v) is 4.95. The monoisotopic (exact) mass is 399 g/mol. The van der Waals surface area contributed by atoms with Crippen molar-refractivity contribution in [2.75, 3.05) is 7.11 Å². The highest BCUT2D eigenvalue weighted by Gasteiger charge is 2.14. The molecule has 0 amide bonds. The number of halogens is 1. The van der Waals surface area contributed by atoms with Crippen LogP contribution in [0.4, 0.5) is 0 Å². The number of methoxy groups -OCH3 is 1. The maximum absolute atomic E-state index is 5.91. The molecule has 2 aromatic heterocycles. The van der Waals surface area contributed by atoms with E-state index in [1.54, 1.807) is 30.2 Å². The molecule has 0 saturated heterocycles. The highest BCUT2D eigenvalue weighted by Crippen LogP contribution is 2.28. The molecule has 0 aliphatic rings. The number of nitrogens with zero attached hydrogens (tertiary/aromatic N) is 5. The van der Waals surface area contributed by atoms with Gasteiger partial charge in [0.15, 0.2) is 0 Å². The Bertz CT molecular complexity index is 1050. The van der Waals surface area contributed by atoms with Gasteiger partial charge in [0.1, 0.15) is 17.7 Å². The molecule has 0 spiro atoms. The number of hydrogen-bond acceptors (Lipinski definition) is 7. The molecule has 27 heavy (non-hydrogen) atoms. The third-order valence-electron chi connectivity index (χ3n) is 3.75. The third kappa shape index (κ3) is 3.81. The van der Waals surface area contributed by atoms with Crippen LogP contribution in [0.25, 0.3) is 17.1 Å². The molecule has 0 fully saturated rings. The van der Waals surface area contributed by atoms with Gasteiger partial charge in [0.25, 0.3) is 0 Å². The van der Waals surface area contributed by atoms with Crippen molar-refractivity contribution in [2.24, 2.45) is 0 Å². The van der Waals surface area contributed by atoms with Gasteiger partial charge in [0.2, 0.25) is 11.0 Å². The number of ether oxygens (including phenoxy) is 1. The van der Waals surface area contributed by atoms with Gasteiger partial charge >= 0.3 is 0 Å². The molecule has 2 aromatic carbocycles. The van der Waals surface area contributed by atoms with Crippen molar-refractivity contribution < 1.29 is 9.15 Å². The zero-order valence-electron chi connectivity index (χ0n) is 14.2. The smallest absolute Gasteiger partial charge is 0.226 e. The molecule has 0 saturated carbocycles. The molecule has 4 aromatic rings. The molecule has 0 bridgehead atoms. The summed E-state index contributed by atoms with van der Waals surface area (Å²) in [5, 5.41) is 13.2. The van der Waals surface area contributed by atoms with E-state index in [1.165, 1.54) is 11.8 Å². The van der Waals surface area contributed by atoms with Crippen LogP contribution in [0.3, 0.4) is 0 Å². The van der Waals surface area contributed by atoms with Gasteiger partial charge in [0.05, 0.1) is 12.8 Å². The Kier molecular flexibility index (Phi) is 5.08. The lowest BCUT2D eigenvalue weighted by atomic mass is 10.2. The van der Waals surface area contributed by atoms with E-state index in [1.807, 2.05) is 36.4 Å². The van der Waals surface area contributed by atoms with Crippen LogP contribution in [0.1, 0.15) is 5.69 Å². The van der Waals surface area contributed by atoms with Crippen molar-refractivity contribution in [1.29, 1.82) is 0 Å². The quantitative estimate of drug-likeness (QED) is 0.448. The summed E-state index contributed by atoms with van der Waals surface area (Å²) >= 11 is 7.37. The lowest BCUT2D eigenvalue weighted by molar-refractivity contribution is 0.410. The van der Waals surface area contributed by atoms with Crippen molar-refractivity contribution in [2.45, 2.75) is 10.9 Å². The minimum absolute atomic E-state index is 0.548. The van der Waals surface area contributed by atoms with Crippen LogP contribution in [-0.2, 0) is 5.75 Å². The molecule has 2 heterocycles. The van der Waals surface area contributed by atoms with Gasteiger partial charge in [-0.1, -0.05) is 35.5 Å². The summed E-state index contributed by atoms with van der Waals surface area (Å²) < 4.78 is 12.6. The summed E-state index contributed by atoms with van der Waals surface area (Å²) in [7, 11) is 1.61. The summed E-state index contributed by atoms with van der Waals surface area (Å²) in [6, 6.07) is 14.9. The Morgan fingerprint density at radius 3 is 2.78 bits per heavy atom. The number of aromatic nitrogens is 5. The normalized spacial score (nSPS) is 10.9. The predicted molar refractivity (Wildman–Crippen MR) is 102 cm³/mol. The molecular formula is C18H14ClN5O2S. The van der Waals surface area contributed by atoms with Gasteiger partial charge in [0, 0.05) is 16.3 Å². The predicted octanol–water partition coefficient (Wildman–Crippen LogP) is 4.27. The number of oxazole rings is 1. The lowest BCUT2D eigenvalue weighted by Crippen LogP contribution is -2.01. The Balaban J connectivity index is 1.51. The zero-order chi connectivity index (χ0) is 18.6. The highest BCUT2D eigenvalue weighted by molar-refractivity contribution is 7.98. The Labute approximate surface area is 164 Å². The van der Waals surface area contributed by atoms with Gasteiger partial charge < -0.3 is 9.15 Å². The standard InChI is InChI=1S/C18H14ClN5O2S/c1-25-16-5-3-2-4-15(16)24-18(21-22-23-24)27-11-14-10-26-17(20-14)12-6-8-13(19)9-7-12/h2-10H,11H2,1H3. The SMILES string of the molecule is COc1ccccc1-n1nnnc1SCc1coc(-c2ccc(Cl)cc2)n1. The number of tetrazole rings is 1. The number of thioether (sulfide) groups is 1. The molecule has 0 aliphatic heterocycles. The van der Waals surface area contributed by atoms with Crippen LogP contribution in [0.5, 0.6) is 5.75 Å². The summed E-state index contributed by atoms with van der Waals surface area (Å²) in [5.74, 6) is 1.80.